The van der Waals surface area contributed by atoms with Gasteiger partial charge >= 0.3 is 0 Å². The summed E-state index contributed by atoms with van der Waals surface area (Å²) in [5.74, 6) is 0.235. The highest BCUT2D eigenvalue weighted by Gasteiger charge is 2.20. The molecule has 0 aromatic heterocycles. The highest BCUT2D eigenvalue weighted by molar-refractivity contribution is 5.96. The Kier molecular flexibility index (Phi) is 5.55. The average Bonchev–Trinajstić information content (AvgIpc) is 2.46. The van der Waals surface area contributed by atoms with Crippen LogP contribution in [0.5, 0.6) is 0 Å². The normalized spacial score (nSPS) is 20.4. The van der Waals surface area contributed by atoms with E-state index in [1.54, 1.807) is 0 Å². The van der Waals surface area contributed by atoms with E-state index in [-0.39, 0.29) is 5.78 Å². The van der Waals surface area contributed by atoms with Crippen LogP contribution in [0.1, 0.15) is 36.5 Å². The zero-order valence-electron chi connectivity index (χ0n) is 11.7. The molecule has 0 bridgehead atoms. The molecule has 1 aromatic rings. The summed E-state index contributed by atoms with van der Waals surface area (Å²) in [6, 6.07) is 9.55. The molecule has 0 aliphatic carbocycles. The Balaban J connectivity index is 1.77. The lowest BCUT2D eigenvalue weighted by molar-refractivity contribution is 0.00589. The molecule has 1 atom stereocenters. The van der Waals surface area contributed by atoms with Gasteiger partial charge in [0.25, 0.3) is 0 Å². The minimum absolute atomic E-state index is 0.235. The van der Waals surface area contributed by atoms with Gasteiger partial charge in [-0.15, -0.1) is 0 Å². The molecule has 1 aliphatic rings. The van der Waals surface area contributed by atoms with E-state index in [1.807, 2.05) is 37.3 Å². The number of rotatable bonds is 6. The highest BCUT2D eigenvalue weighted by Crippen LogP contribution is 2.14. The standard InChI is InChI=1S/C16H23NO2/c1-2-19-15-9-6-11-17(13-15)12-10-16(18)14-7-4-3-5-8-14/h3-5,7-8,15H,2,6,9-13H2,1H3. The lowest BCUT2D eigenvalue weighted by Crippen LogP contribution is -2.40. The number of Topliss-reactive ketones (excluding diaryl/α,β-unsaturated/α-hetero) is 1. The van der Waals surface area contributed by atoms with Crippen LogP contribution in [0.2, 0.25) is 0 Å². The first kappa shape index (κ1) is 14.2. The van der Waals surface area contributed by atoms with Crippen molar-refractivity contribution in [1.82, 2.24) is 4.90 Å². The molecule has 1 unspecified atom stereocenters. The van der Waals surface area contributed by atoms with Crippen molar-refractivity contribution in [2.75, 3.05) is 26.2 Å². The maximum atomic E-state index is 12.0. The molecular formula is C16H23NO2. The van der Waals surface area contributed by atoms with Gasteiger partial charge in [0.1, 0.15) is 0 Å². The van der Waals surface area contributed by atoms with E-state index in [1.165, 1.54) is 6.42 Å². The number of ether oxygens (including phenoxy) is 1. The fraction of sp³-hybridized carbons (Fsp3) is 0.562. The maximum absolute atomic E-state index is 12.0. The Morgan fingerprint density at radius 3 is 2.89 bits per heavy atom. The predicted octanol–water partition coefficient (Wildman–Crippen LogP) is 2.76. The van der Waals surface area contributed by atoms with E-state index < -0.39 is 0 Å². The van der Waals surface area contributed by atoms with Crippen molar-refractivity contribution in [2.24, 2.45) is 0 Å². The number of benzene rings is 1. The Morgan fingerprint density at radius 2 is 2.16 bits per heavy atom. The zero-order chi connectivity index (χ0) is 13.5. The molecule has 3 nitrogen and oxygen atoms in total. The van der Waals surface area contributed by atoms with Gasteiger partial charge < -0.3 is 9.64 Å². The van der Waals surface area contributed by atoms with E-state index >= 15 is 0 Å². The smallest absolute Gasteiger partial charge is 0.164 e. The van der Waals surface area contributed by atoms with Gasteiger partial charge in [-0.25, -0.2) is 0 Å². The summed E-state index contributed by atoms with van der Waals surface area (Å²) in [6.07, 6.45) is 3.27. The number of piperidine rings is 1. The van der Waals surface area contributed by atoms with Crippen LogP contribution >= 0.6 is 0 Å². The van der Waals surface area contributed by atoms with Crippen molar-refractivity contribution in [2.45, 2.75) is 32.3 Å². The Labute approximate surface area is 115 Å². The van der Waals surface area contributed by atoms with E-state index in [4.69, 9.17) is 4.74 Å². The fourth-order valence-electron chi connectivity index (χ4n) is 2.62. The molecule has 1 heterocycles. The van der Waals surface area contributed by atoms with E-state index in [9.17, 15) is 4.79 Å². The van der Waals surface area contributed by atoms with Crippen molar-refractivity contribution >= 4 is 5.78 Å². The summed E-state index contributed by atoms with van der Waals surface area (Å²) >= 11 is 0. The Bertz CT molecular complexity index is 389. The summed E-state index contributed by atoms with van der Waals surface area (Å²) in [5.41, 5.74) is 0.820. The molecule has 0 radical (unpaired) electrons. The van der Waals surface area contributed by atoms with Crippen LogP contribution in [-0.4, -0.2) is 43.0 Å². The van der Waals surface area contributed by atoms with Crippen molar-refractivity contribution < 1.29 is 9.53 Å². The largest absolute Gasteiger partial charge is 0.377 e. The van der Waals surface area contributed by atoms with Gasteiger partial charge in [0, 0.05) is 31.7 Å². The first-order chi connectivity index (χ1) is 9.29. The fourth-order valence-corrected chi connectivity index (χ4v) is 2.62. The number of likely N-dealkylation sites (tertiary alicyclic amines) is 1. The van der Waals surface area contributed by atoms with Crippen LogP contribution in [-0.2, 0) is 4.74 Å². The van der Waals surface area contributed by atoms with Crippen molar-refractivity contribution in [3.63, 3.8) is 0 Å². The van der Waals surface area contributed by atoms with Gasteiger partial charge in [-0.05, 0) is 26.3 Å². The Morgan fingerprint density at radius 1 is 1.37 bits per heavy atom. The molecule has 3 heteroatoms. The monoisotopic (exact) mass is 261 g/mol. The third-order valence-corrected chi connectivity index (χ3v) is 3.62. The van der Waals surface area contributed by atoms with Crippen LogP contribution in [0.25, 0.3) is 0 Å². The second-order valence-electron chi connectivity index (χ2n) is 5.06. The molecule has 19 heavy (non-hydrogen) atoms. The van der Waals surface area contributed by atoms with Crippen molar-refractivity contribution in [1.29, 1.82) is 0 Å². The van der Waals surface area contributed by atoms with Crippen LogP contribution in [0.4, 0.5) is 0 Å². The molecule has 2 rings (SSSR count). The lowest BCUT2D eigenvalue weighted by Gasteiger charge is -2.32. The van der Waals surface area contributed by atoms with Gasteiger partial charge in [-0.1, -0.05) is 30.3 Å². The number of ketones is 1. The number of hydrogen-bond donors (Lipinski definition) is 0. The number of carbonyl (C=O) groups is 1. The maximum Gasteiger partial charge on any atom is 0.164 e. The van der Waals surface area contributed by atoms with E-state index in [0.29, 0.717) is 12.5 Å². The molecule has 0 spiro atoms. The van der Waals surface area contributed by atoms with Crippen LogP contribution in [0.15, 0.2) is 30.3 Å². The van der Waals surface area contributed by atoms with Gasteiger partial charge in [0.15, 0.2) is 5.78 Å². The summed E-state index contributed by atoms with van der Waals surface area (Å²) in [5, 5.41) is 0. The molecule has 1 saturated heterocycles. The first-order valence-electron chi connectivity index (χ1n) is 7.22. The average molecular weight is 261 g/mol. The number of hydrogen-bond acceptors (Lipinski definition) is 3. The van der Waals surface area contributed by atoms with Crippen LogP contribution in [0.3, 0.4) is 0 Å². The van der Waals surface area contributed by atoms with Crippen molar-refractivity contribution in [3.8, 4) is 0 Å². The third-order valence-electron chi connectivity index (χ3n) is 3.62. The van der Waals surface area contributed by atoms with E-state index in [2.05, 4.69) is 4.90 Å². The molecule has 0 N–H and O–H groups in total. The summed E-state index contributed by atoms with van der Waals surface area (Å²) in [4.78, 5) is 14.4. The topological polar surface area (TPSA) is 29.5 Å². The molecule has 1 fully saturated rings. The molecule has 1 aliphatic heterocycles. The van der Waals surface area contributed by atoms with Crippen molar-refractivity contribution in [3.05, 3.63) is 35.9 Å². The predicted molar refractivity (Wildman–Crippen MR) is 76.5 cm³/mol. The molecule has 1 aromatic carbocycles. The number of nitrogens with zero attached hydrogens (tertiary/aromatic N) is 1. The van der Waals surface area contributed by atoms with E-state index in [0.717, 1.165) is 38.2 Å². The second-order valence-corrected chi connectivity index (χ2v) is 5.06. The SMILES string of the molecule is CCOC1CCCN(CCC(=O)c2ccccc2)C1. The van der Waals surface area contributed by atoms with Gasteiger partial charge in [0.2, 0.25) is 0 Å². The highest BCUT2D eigenvalue weighted by atomic mass is 16.5. The summed E-state index contributed by atoms with van der Waals surface area (Å²) in [7, 11) is 0. The molecular weight excluding hydrogens is 238 g/mol. The third kappa shape index (κ3) is 4.44. The van der Waals surface area contributed by atoms with Gasteiger partial charge in [-0.3, -0.25) is 4.79 Å². The summed E-state index contributed by atoms with van der Waals surface area (Å²) in [6.45, 7) is 5.72. The molecule has 104 valence electrons. The van der Waals surface area contributed by atoms with Crippen LogP contribution < -0.4 is 0 Å². The first-order valence-corrected chi connectivity index (χ1v) is 7.22. The van der Waals surface area contributed by atoms with Gasteiger partial charge in [-0.2, -0.15) is 0 Å². The molecule has 0 saturated carbocycles. The lowest BCUT2D eigenvalue weighted by atomic mass is 10.1. The Hall–Kier alpha value is -1.19. The van der Waals surface area contributed by atoms with Crippen LogP contribution in [0, 0.1) is 0 Å². The minimum Gasteiger partial charge on any atom is -0.377 e. The zero-order valence-corrected chi connectivity index (χ0v) is 11.7. The van der Waals surface area contributed by atoms with Gasteiger partial charge in [0.05, 0.1) is 6.10 Å². The molecule has 0 amide bonds. The quantitative estimate of drug-likeness (QED) is 0.737. The summed E-state index contributed by atoms with van der Waals surface area (Å²) < 4.78 is 5.68. The second kappa shape index (κ2) is 7.41. The minimum atomic E-state index is 0.235. The number of carbonyl (C=O) groups excluding carboxylic acids is 1.